The number of amides is 1. The molecule has 0 aromatic heterocycles. The van der Waals surface area contributed by atoms with Crippen LogP contribution in [0.4, 0.5) is 0 Å². The predicted molar refractivity (Wildman–Crippen MR) is 123 cm³/mol. The van der Waals surface area contributed by atoms with Crippen LogP contribution in [0.25, 0.3) is 11.1 Å². The molecule has 180 valence electrons. The van der Waals surface area contributed by atoms with Crippen molar-refractivity contribution >= 4 is 5.91 Å². The van der Waals surface area contributed by atoms with Crippen molar-refractivity contribution in [3.63, 3.8) is 0 Å². The standard InChI is InChI=1S/C25H33NO7/c1-15(27)26-12-11-16-9-10-19(14-20(16)17-7-6-8-18(13-17)30-4)32-24-22(29)21(28)23(31-5)25(2,3)33-24/h6-10,13-14,21-24,28-29H,11-12H2,1-5H3,(H,26,27)/t21-,22+,23?,24-/m0/s1. The van der Waals surface area contributed by atoms with Crippen molar-refractivity contribution in [2.24, 2.45) is 0 Å². The van der Waals surface area contributed by atoms with Crippen molar-refractivity contribution in [3.8, 4) is 22.6 Å². The molecule has 1 aliphatic heterocycles. The highest BCUT2D eigenvalue weighted by Gasteiger charge is 2.50. The lowest BCUT2D eigenvalue weighted by Crippen LogP contribution is -2.63. The number of methoxy groups -OCH3 is 2. The van der Waals surface area contributed by atoms with Crippen LogP contribution in [0.3, 0.4) is 0 Å². The topological polar surface area (TPSA) is 106 Å². The van der Waals surface area contributed by atoms with Crippen molar-refractivity contribution in [2.45, 2.75) is 57.4 Å². The summed E-state index contributed by atoms with van der Waals surface area (Å²) in [5.41, 5.74) is 1.96. The summed E-state index contributed by atoms with van der Waals surface area (Å²) >= 11 is 0. The van der Waals surface area contributed by atoms with Gasteiger partial charge in [0.1, 0.15) is 29.8 Å². The van der Waals surface area contributed by atoms with Crippen LogP contribution < -0.4 is 14.8 Å². The fraction of sp³-hybridized carbons (Fsp3) is 0.480. The molecule has 0 aliphatic carbocycles. The summed E-state index contributed by atoms with van der Waals surface area (Å²) < 4.78 is 22.6. The molecule has 1 saturated heterocycles. The molecule has 3 N–H and O–H groups in total. The molecule has 1 heterocycles. The molecule has 4 atom stereocenters. The Kier molecular flexibility index (Phi) is 7.97. The zero-order valence-electron chi connectivity index (χ0n) is 19.7. The van der Waals surface area contributed by atoms with E-state index in [2.05, 4.69) is 5.32 Å². The second-order valence-corrected chi connectivity index (χ2v) is 8.63. The number of aliphatic hydroxyl groups is 2. The zero-order valence-corrected chi connectivity index (χ0v) is 19.7. The average molecular weight is 460 g/mol. The van der Waals surface area contributed by atoms with Crippen molar-refractivity contribution < 1.29 is 34.0 Å². The molecule has 0 spiro atoms. The van der Waals surface area contributed by atoms with E-state index in [0.717, 1.165) is 16.7 Å². The molecule has 1 aliphatic rings. The number of benzene rings is 2. The number of ether oxygens (including phenoxy) is 4. The van der Waals surface area contributed by atoms with Crippen molar-refractivity contribution in [3.05, 3.63) is 48.0 Å². The monoisotopic (exact) mass is 459 g/mol. The minimum absolute atomic E-state index is 0.0862. The Balaban J connectivity index is 1.90. The molecule has 3 rings (SSSR count). The van der Waals surface area contributed by atoms with Gasteiger partial charge < -0.3 is 34.5 Å². The highest BCUT2D eigenvalue weighted by atomic mass is 16.7. The van der Waals surface area contributed by atoms with Crippen LogP contribution >= 0.6 is 0 Å². The summed E-state index contributed by atoms with van der Waals surface area (Å²) in [6.45, 7) is 5.54. The van der Waals surface area contributed by atoms with Crippen molar-refractivity contribution in [2.75, 3.05) is 20.8 Å². The molecule has 33 heavy (non-hydrogen) atoms. The number of nitrogens with one attached hydrogen (secondary N) is 1. The van der Waals surface area contributed by atoms with E-state index in [1.165, 1.54) is 14.0 Å². The highest BCUT2D eigenvalue weighted by Crippen LogP contribution is 2.35. The summed E-state index contributed by atoms with van der Waals surface area (Å²) in [7, 11) is 3.07. The van der Waals surface area contributed by atoms with Gasteiger partial charge in [0.2, 0.25) is 12.2 Å². The van der Waals surface area contributed by atoms with Crippen LogP contribution in [0.15, 0.2) is 42.5 Å². The normalized spacial score (nSPS) is 24.2. The zero-order chi connectivity index (χ0) is 24.2. The third-order valence-corrected chi connectivity index (χ3v) is 5.78. The van der Waals surface area contributed by atoms with Gasteiger partial charge in [-0.3, -0.25) is 4.79 Å². The summed E-state index contributed by atoms with van der Waals surface area (Å²) in [6, 6.07) is 13.2. The van der Waals surface area contributed by atoms with E-state index in [1.807, 2.05) is 36.4 Å². The van der Waals surface area contributed by atoms with Gasteiger partial charge >= 0.3 is 0 Å². The maximum absolute atomic E-state index is 11.3. The molecule has 1 unspecified atom stereocenters. The molecular weight excluding hydrogens is 426 g/mol. The average Bonchev–Trinajstić information content (AvgIpc) is 2.78. The van der Waals surface area contributed by atoms with Crippen LogP contribution in [0.5, 0.6) is 11.5 Å². The Morgan fingerprint density at radius 2 is 1.85 bits per heavy atom. The maximum Gasteiger partial charge on any atom is 0.229 e. The van der Waals surface area contributed by atoms with E-state index in [-0.39, 0.29) is 5.91 Å². The van der Waals surface area contributed by atoms with Gasteiger partial charge in [0, 0.05) is 20.6 Å². The van der Waals surface area contributed by atoms with Gasteiger partial charge in [-0.05, 0) is 61.2 Å². The lowest BCUT2D eigenvalue weighted by Gasteiger charge is -2.46. The van der Waals surface area contributed by atoms with Gasteiger partial charge in [0.25, 0.3) is 0 Å². The number of rotatable bonds is 8. The fourth-order valence-corrected chi connectivity index (χ4v) is 4.12. The third kappa shape index (κ3) is 5.83. The summed E-state index contributed by atoms with van der Waals surface area (Å²) in [5.74, 6) is 1.10. The number of aliphatic hydroxyl groups excluding tert-OH is 2. The van der Waals surface area contributed by atoms with Crippen LogP contribution in [0.1, 0.15) is 26.3 Å². The van der Waals surface area contributed by atoms with E-state index < -0.39 is 30.2 Å². The van der Waals surface area contributed by atoms with E-state index in [0.29, 0.717) is 24.5 Å². The Morgan fingerprint density at radius 3 is 2.52 bits per heavy atom. The van der Waals surface area contributed by atoms with E-state index in [1.54, 1.807) is 27.0 Å². The molecule has 0 saturated carbocycles. The summed E-state index contributed by atoms with van der Waals surface area (Å²) in [4.78, 5) is 11.3. The van der Waals surface area contributed by atoms with Crippen LogP contribution in [-0.2, 0) is 20.7 Å². The first-order valence-corrected chi connectivity index (χ1v) is 10.9. The van der Waals surface area contributed by atoms with Gasteiger partial charge in [-0.15, -0.1) is 0 Å². The van der Waals surface area contributed by atoms with Gasteiger partial charge in [0.15, 0.2) is 0 Å². The van der Waals surface area contributed by atoms with Crippen LogP contribution in [0, 0.1) is 0 Å². The SMILES string of the molecule is COc1cccc(-c2cc(O[C@H]3OC(C)(C)C(OC)[C@@H](O)[C@H]3O)ccc2CCNC(C)=O)c1. The number of hydrogen-bond acceptors (Lipinski definition) is 7. The molecule has 0 bridgehead atoms. The molecule has 2 aromatic rings. The van der Waals surface area contributed by atoms with Crippen molar-refractivity contribution in [1.29, 1.82) is 0 Å². The highest BCUT2D eigenvalue weighted by molar-refractivity contribution is 5.73. The molecule has 1 amide bonds. The van der Waals surface area contributed by atoms with Gasteiger partial charge in [-0.2, -0.15) is 0 Å². The Bertz CT molecular complexity index is 962. The number of hydrogen-bond donors (Lipinski definition) is 3. The molecule has 0 radical (unpaired) electrons. The van der Waals surface area contributed by atoms with Gasteiger partial charge in [0.05, 0.1) is 12.7 Å². The summed E-state index contributed by atoms with van der Waals surface area (Å²) in [5, 5.41) is 23.9. The Hall–Kier alpha value is -2.65. The second kappa shape index (κ2) is 10.5. The molecule has 2 aromatic carbocycles. The number of carbonyl (C=O) groups excluding carboxylic acids is 1. The van der Waals surface area contributed by atoms with Crippen molar-refractivity contribution in [1.82, 2.24) is 5.32 Å². The van der Waals surface area contributed by atoms with E-state index >= 15 is 0 Å². The molecule has 8 nitrogen and oxygen atoms in total. The maximum atomic E-state index is 11.3. The van der Waals surface area contributed by atoms with E-state index in [9.17, 15) is 15.0 Å². The number of carbonyl (C=O) groups is 1. The predicted octanol–water partition coefficient (Wildman–Crippen LogP) is 2.29. The summed E-state index contributed by atoms with van der Waals surface area (Å²) in [6.07, 6.45) is -3.61. The Labute approximate surface area is 194 Å². The fourth-order valence-electron chi connectivity index (χ4n) is 4.12. The lowest BCUT2D eigenvalue weighted by atomic mass is 9.89. The molecule has 1 fully saturated rings. The van der Waals surface area contributed by atoms with E-state index in [4.69, 9.17) is 18.9 Å². The molecular formula is C25H33NO7. The quantitative estimate of drug-likeness (QED) is 0.556. The first-order chi connectivity index (χ1) is 15.7. The smallest absolute Gasteiger partial charge is 0.229 e. The second-order valence-electron chi connectivity index (χ2n) is 8.63. The minimum atomic E-state index is -1.29. The van der Waals surface area contributed by atoms with Crippen LogP contribution in [-0.4, -0.2) is 67.1 Å². The first-order valence-electron chi connectivity index (χ1n) is 10.9. The van der Waals surface area contributed by atoms with Gasteiger partial charge in [-0.25, -0.2) is 0 Å². The minimum Gasteiger partial charge on any atom is -0.497 e. The van der Waals surface area contributed by atoms with Crippen LogP contribution in [0.2, 0.25) is 0 Å². The molecule has 8 heteroatoms. The largest absolute Gasteiger partial charge is 0.497 e. The third-order valence-electron chi connectivity index (χ3n) is 5.78. The first kappa shape index (κ1) is 25.0. The lowest BCUT2D eigenvalue weighted by molar-refractivity contribution is -0.305. The Morgan fingerprint density at radius 1 is 1.09 bits per heavy atom. The van der Waals surface area contributed by atoms with Gasteiger partial charge in [-0.1, -0.05) is 18.2 Å².